The van der Waals surface area contributed by atoms with Gasteiger partial charge in [0.2, 0.25) is 0 Å². The second-order valence-electron chi connectivity index (χ2n) is 17.0. The van der Waals surface area contributed by atoms with Gasteiger partial charge in [-0.15, -0.1) is 0 Å². The maximum atomic E-state index is 4.92. The first-order valence-corrected chi connectivity index (χ1v) is 22.6. The first kappa shape index (κ1) is 38.3. The Bertz CT molecular complexity index is 4050. The van der Waals surface area contributed by atoms with E-state index in [0.29, 0.717) is 17.5 Å². The van der Waals surface area contributed by atoms with Gasteiger partial charge in [0.15, 0.2) is 17.5 Å². The van der Waals surface area contributed by atoms with Crippen molar-refractivity contribution in [1.82, 2.24) is 19.5 Å². The van der Waals surface area contributed by atoms with Gasteiger partial charge in [0.25, 0.3) is 0 Å². The molecule has 13 rings (SSSR count). The van der Waals surface area contributed by atoms with Crippen LogP contribution in [0.25, 0.3) is 122 Å². The van der Waals surface area contributed by atoms with Crippen molar-refractivity contribution in [3.63, 3.8) is 0 Å². The minimum absolute atomic E-state index is 0.600. The lowest BCUT2D eigenvalue weighted by Crippen LogP contribution is -2.02. The minimum atomic E-state index is 0.600. The van der Waals surface area contributed by atoms with Crippen molar-refractivity contribution < 1.29 is 0 Å². The van der Waals surface area contributed by atoms with Crippen molar-refractivity contribution in [3.8, 4) is 61.8 Å². The van der Waals surface area contributed by atoms with E-state index in [1.165, 1.54) is 76.4 Å². The van der Waals surface area contributed by atoms with Crippen LogP contribution in [0.3, 0.4) is 0 Å². The summed E-state index contributed by atoms with van der Waals surface area (Å²) >= 11 is 0. The highest BCUT2D eigenvalue weighted by Gasteiger charge is 2.18. The maximum absolute atomic E-state index is 4.92. The third kappa shape index (κ3) is 6.61. The fourth-order valence-electron chi connectivity index (χ4n) is 9.93. The summed E-state index contributed by atoms with van der Waals surface area (Å²) in [4.78, 5) is 14.7. The Labute approximate surface area is 387 Å². The van der Waals surface area contributed by atoms with Crippen molar-refractivity contribution >= 4 is 59.7 Å². The molecule has 0 bridgehead atoms. The van der Waals surface area contributed by atoms with Crippen LogP contribution in [0, 0.1) is 0 Å². The number of aromatic nitrogens is 4. The average Bonchev–Trinajstić information content (AvgIpc) is 3.75. The molecular weight excluding hydrogens is 813 g/mol. The van der Waals surface area contributed by atoms with Crippen LogP contribution in [0.5, 0.6) is 0 Å². The predicted molar refractivity (Wildman–Crippen MR) is 278 cm³/mol. The van der Waals surface area contributed by atoms with E-state index in [9.17, 15) is 0 Å². The highest BCUT2D eigenvalue weighted by atomic mass is 15.0. The first-order valence-electron chi connectivity index (χ1n) is 22.6. The lowest BCUT2D eigenvalue weighted by atomic mass is 9.89. The second-order valence-corrected chi connectivity index (χ2v) is 17.0. The molecule has 0 atom stereocenters. The fourth-order valence-corrected chi connectivity index (χ4v) is 9.93. The average molecular weight is 851 g/mol. The summed E-state index contributed by atoms with van der Waals surface area (Å²) in [6.45, 7) is 0. The number of rotatable bonds is 7. The summed E-state index contributed by atoms with van der Waals surface area (Å²) in [5, 5.41) is 10.1. The quantitative estimate of drug-likeness (QED) is 0.119. The second kappa shape index (κ2) is 15.8. The summed E-state index contributed by atoms with van der Waals surface area (Å²) in [7, 11) is 0. The number of nitrogens with zero attached hydrogens (tertiary/aromatic N) is 4. The van der Waals surface area contributed by atoms with Crippen LogP contribution in [-0.2, 0) is 0 Å². The molecule has 2 heterocycles. The van der Waals surface area contributed by atoms with E-state index in [0.717, 1.165) is 33.5 Å². The molecule has 12 aromatic rings. The van der Waals surface area contributed by atoms with Crippen LogP contribution in [-0.4, -0.2) is 19.5 Å². The smallest absolute Gasteiger partial charge is 0.164 e. The summed E-state index contributed by atoms with van der Waals surface area (Å²) in [5.74, 6) is 1.84. The molecule has 4 heteroatoms. The molecule has 0 fully saturated rings. The maximum Gasteiger partial charge on any atom is 0.164 e. The Morgan fingerprint density at radius 1 is 0.313 bits per heavy atom. The molecule has 4 nitrogen and oxygen atoms in total. The molecule has 0 spiro atoms. The van der Waals surface area contributed by atoms with E-state index in [-0.39, 0.29) is 0 Å². The first-order chi connectivity index (χ1) is 33.2. The SMILES string of the molecule is C1=C=CC(c2nc(-c3ccccc3)nc(-c3ccc(-c4ccc(-n5c6ccccc6c6ccc(-c7ccccc7-c7ccc8c9ccccc9c9ccccc9c8c7)cc65)cc4)cc3)n2)=CC=1. The molecule has 67 heavy (non-hydrogen) atoms. The minimum Gasteiger partial charge on any atom is -0.309 e. The molecule has 1 aliphatic carbocycles. The van der Waals surface area contributed by atoms with E-state index in [1.54, 1.807) is 0 Å². The molecule has 10 aromatic carbocycles. The van der Waals surface area contributed by atoms with Crippen LogP contribution in [0.2, 0.25) is 0 Å². The van der Waals surface area contributed by atoms with Gasteiger partial charge in [-0.05, 0) is 114 Å². The molecule has 0 amide bonds. The number of hydrogen-bond acceptors (Lipinski definition) is 3. The zero-order chi connectivity index (χ0) is 44.3. The molecule has 0 unspecified atom stereocenters. The Kier molecular flexibility index (Phi) is 9.04. The molecule has 0 N–H and O–H groups in total. The summed E-state index contributed by atoms with van der Waals surface area (Å²) in [6, 6.07) is 76.5. The molecule has 1 aliphatic rings. The lowest BCUT2D eigenvalue weighted by Gasteiger charge is -2.15. The molecule has 0 saturated carbocycles. The van der Waals surface area contributed by atoms with Crippen LogP contribution in [0.1, 0.15) is 5.82 Å². The Morgan fingerprint density at radius 2 is 0.776 bits per heavy atom. The van der Waals surface area contributed by atoms with Crippen LogP contribution in [0.15, 0.2) is 242 Å². The number of benzene rings is 10. The van der Waals surface area contributed by atoms with Crippen molar-refractivity contribution in [1.29, 1.82) is 0 Å². The van der Waals surface area contributed by atoms with Crippen LogP contribution in [0.4, 0.5) is 0 Å². The van der Waals surface area contributed by atoms with Crippen molar-refractivity contribution in [3.05, 3.63) is 248 Å². The van der Waals surface area contributed by atoms with Gasteiger partial charge >= 0.3 is 0 Å². The van der Waals surface area contributed by atoms with Gasteiger partial charge in [-0.3, -0.25) is 0 Å². The van der Waals surface area contributed by atoms with Gasteiger partial charge in [0.1, 0.15) is 0 Å². The lowest BCUT2D eigenvalue weighted by molar-refractivity contribution is 1.04. The van der Waals surface area contributed by atoms with E-state index in [4.69, 9.17) is 15.0 Å². The highest BCUT2D eigenvalue weighted by Crippen LogP contribution is 2.41. The van der Waals surface area contributed by atoms with Gasteiger partial charge in [-0.2, -0.15) is 0 Å². The van der Waals surface area contributed by atoms with Crippen molar-refractivity contribution in [2.45, 2.75) is 0 Å². The molecule has 310 valence electrons. The Balaban J connectivity index is 0.865. The van der Waals surface area contributed by atoms with E-state index < -0.39 is 0 Å². The van der Waals surface area contributed by atoms with E-state index >= 15 is 0 Å². The van der Waals surface area contributed by atoms with Gasteiger partial charge in [0, 0.05) is 33.2 Å². The van der Waals surface area contributed by atoms with Crippen molar-refractivity contribution in [2.75, 3.05) is 0 Å². The molecule has 0 saturated heterocycles. The van der Waals surface area contributed by atoms with E-state index in [1.807, 2.05) is 48.6 Å². The molecular formula is C63H38N4. The number of fused-ring (bicyclic) bond motifs is 9. The summed E-state index contributed by atoms with van der Waals surface area (Å²) < 4.78 is 2.40. The number of allylic oxidation sites excluding steroid dienone is 4. The molecule has 0 aliphatic heterocycles. The summed E-state index contributed by atoms with van der Waals surface area (Å²) in [6.07, 6.45) is 5.63. The number of para-hydroxylation sites is 1. The summed E-state index contributed by atoms with van der Waals surface area (Å²) in [5.41, 5.74) is 19.2. The molecule has 0 radical (unpaired) electrons. The van der Waals surface area contributed by atoms with Gasteiger partial charge in [-0.1, -0.05) is 193 Å². The fraction of sp³-hybridized carbons (Fsp3) is 0. The van der Waals surface area contributed by atoms with Gasteiger partial charge < -0.3 is 4.57 Å². The zero-order valence-electron chi connectivity index (χ0n) is 36.2. The van der Waals surface area contributed by atoms with E-state index in [2.05, 4.69) is 198 Å². The predicted octanol–water partition coefficient (Wildman–Crippen LogP) is 16.0. The zero-order valence-corrected chi connectivity index (χ0v) is 36.2. The standard InChI is InChI=1S/C63H38N4/c1-3-15-43(16-4-1)61-64-62(44-17-5-2-6-18-44)66-63(65-61)45-29-27-41(28-30-45)42-31-35-48(36-32-42)67-59-26-14-13-25-56(59)57-38-34-47(40-60(57)67)50-20-8-7-19-49(50)46-33-37-55-53-23-10-9-21-51(53)52-22-11-12-24-54(52)58(55)39-46/h1,3-5,7-40H. The van der Waals surface area contributed by atoms with Gasteiger partial charge in [-0.25, -0.2) is 15.0 Å². The third-order valence-electron chi connectivity index (χ3n) is 13.2. The van der Waals surface area contributed by atoms with Crippen LogP contribution >= 0.6 is 0 Å². The van der Waals surface area contributed by atoms with Crippen molar-refractivity contribution in [2.24, 2.45) is 0 Å². The topological polar surface area (TPSA) is 43.6 Å². The Hall–Kier alpha value is -9.17. The number of hydrogen-bond donors (Lipinski definition) is 0. The van der Waals surface area contributed by atoms with Gasteiger partial charge in [0.05, 0.1) is 11.0 Å². The molecule has 2 aromatic heterocycles. The monoisotopic (exact) mass is 850 g/mol. The normalized spacial score (nSPS) is 12.2. The van der Waals surface area contributed by atoms with Crippen LogP contribution < -0.4 is 0 Å². The highest BCUT2D eigenvalue weighted by molar-refractivity contribution is 6.26. The third-order valence-corrected chi connectivity index (χ3v) is 13.2. The largest absolute Gasteiger partial charge is 0.309 e. The Morgan fingerprint density at radius 3 is 1.42 bits per heavy atom.